The van der Waals surface area contributed by atoms with Gasteiger partial charge in [0, 0.05) is 11.3 Å². The second-order valence-corrected chi connectivity index (χ2v) is 4.05. The maximum absolute atomic E-state index is 8.78. The smallest absolute Gasteiger partial charge is 0.0152 e. The molecule has 0 saturated heterocycles. The van der Waals surface area contributed by atoms with Gasteiger partial charge in [-0.2, -0.15) is 0 Å². The molecule has 1 unspecified atom stereocenters. The van der Waals surface area contributed by atoms with Crippen LogP contribution < -0.4 is 5.14 Å². The van der Waals surface area contributed by atoms with Gasteiger partial charge in [-0.15, -0.1) is 0 Å². The van der Waals surface area contributed by atoms with E-state index in [0.29, 0.717) is 0 Å². The lowest BCUT2D eigenvalue weighted by Crippen LogP contribution is -1.97. The Hall–Kier alpha value is -0.710. The number of benzene rings is 1. The standard InChI is InChI=1S/C12H18.H3NO2S/c1-3-7-11-9-5-6-10-12(11)8-4-2;1-4(2)3/h5-6,9-10H,3-4,7-8H2,1-2H3;1H2,(H,2,3)/p-1. The van der Waals surface area contributed by atoms with Crippen molar-refractivity contribution >= 4 is 11.3 Å². The third-order valence-corrected chi connectivity index (χ3v) is 2.16. The van der Waals surface area contributed by atoms with Gasteiger partial charge in [0.25, 0.3) is 0 Å². The molecule has 1 aromatic carbocycles. The highest BCUT2D eigenvalue weighted by Crippen LogP contribution is 2.12. The zero-order valence-electron chi connectivity index (χ0n) is 9.94. The van der Waals surface area contributed by atoms with E-state index in [1.807, 2.05) is 0 Å². The first-order chi connectivity index (χ1) is 7.61. The zero-order valence-corrected chi connectivity index (χ0v) is 10.8. The lowest BCUT2D eigenvalue weighted by molar-refractivity contribution is 0.539. The van der Waals surface area contributed by atoms with Gasteiger partial charge in [0.1, 0.15) is 0 Å². The average molecular weight is 242 g/mol. The van der Waals surface area contributed by atoms with Crippen molar-refractivity contribution < 1.29 is 8.76 Å². The summed E-state index contributed by atoms with van der Waals surface area (Å²) in [6, 6.07) is 8.80. The van der Waals surface area contributed by atoms with Crippen LogP contribution in [-0.2, 0) is 24.1 Å². The van der Waals surface area contributed by atoms with Crippen molar-refractivity contribution in [2.45, 2.75) is 39.5 Å². The van der Waals surface area contributed by atoms with E-state index in [4.69, 9.17) is 8.76 Å². The number of rotatable bonds is 4. The minimum Gasteiger partial charge on any atom is -0.760 e. The molecule has 1 aromatic rings. The monoisotopic (exact) mass is 242 g/mol. The van der Waals surface area contributed by atoms with E-state index >= 15 is 0 Å². The van der Waals surface area contributed by atoms with E-state index in [2.05, 4.69) is 43.3 Å². The van der Waals surface area contributed by atoms with Crippen LogP contribution in [0.2, 0.25) is 0 Å². The lowest BCUT2D eigenvalue weighted by Gasteiger charge is -2.06. The Labute approximate surface area is 100 Å². The summed E-state index contributed by atoms with van der Waals surface area (Å²) in [5.41, 5.74) is 3.09. The van der Waals surface area contributed by atoms with Crippen molar-refractivity contribution in [1.29, 1.82) is 0 Å². The van der Waals surface area contributed by atoms with Crippen molar-refractivity contribution in [3.63, 3.8) is 0 Å². The second-order valence-electron chi connectivity index (χ2n) is 3.53. The summed E-state index contributed by atoms with van der Waals surface area (Å²) >= 11 is -2.36. The molecule has 92 valence electrons. The van der Waals surface area contributed by atoms with Crippen LogP contribution in [0.4, 0.5) is 0 Å². The van der Waals surface area contributed by atoms with E-state index in [0.717, 1.165) is 0 Å². The molecule has 1 rings (SSSR count). The quantitative estimate of drug-likeness (QED) is 0.823. The third-order valence-electron chi connectivity index (χ3n) is 2.16. The number of nitrogens with two attached hydrogens (primary N) is 1. The molecule has 0 heterocycles. The van der Waals surface area contributed by atoms with E-state index in [9.17, 15) is 0 Å². The van der Waals surface area contributed by atoms with Crippen molar-refractivity contribution in [2.24, 2.45) is 5.14 Å². The van der Waals surface area contributed by atoms with E-state index in [-0.39, 0.29) is 0 Å². The highest BCUT2D eigenvalue weighted by molar-refractivity contribution is 7.76. The Balaban J connectivity index is 0.000000487. The van der Waals surface area contributed by atoms with Gasteiger partial charge in [0.05, 0.1) is 0 Å². The number of aryl methyl sites for hydroxylation is 2. The van der Waals surface area contributed by atoms with Gasteiger partial charge in [0.15, 0.2) is 0 Å². The van der Waals surface area contributed by atoms with E-state index in [1.54, 1.807) is 11.1 Å². The van der Waals surface area contributed by atoms with Crippen LogP contribution in [0, 0.1) is 0 Å². The Morgan fingerprint density at radius 2 is 1.44 bits per heavy atom. The fourth-order valence-electron chi connectivity index (χ4n) is 1.58. The van der Waals surface area contributed by atoms with Crippen LogP contribution in [0.25, 0.3) is 0 Å². The maximum Gasteiger partial charge on any atom is 0.0152 e. The summed E-state index contributed by atoms with van der Waals surface area (Å²) in [5.74, 6) is 0. The molecule has 0 spiro atoms. The molecule has 0 aliphatic heterocycles. The summed E-state index contributed by atoms with van der Waals surface area (Å²) in [4.78, 5) is 0. The van der Waals surface area contributed by atoms with Gasteiger partial charge in [-0.1, -0.05) is 51.0 Å². The van der Waals surface area contributed by atoms with Gasteiger partial charge in [-0.05, 0) is 24.0 Å². The Morgan fingerprint density at radius 1 is 1.12 bits per heavy atom. The molecule has 0 aromatic heterocycles. The van der Waals surface area contributed by atoms with Gasteiger partial charge in [0.2, 0.25) is 0 Å². The van der Waals surface area contributed by atoms with E-state index in [1.165, 1.54) is 25.7 Å². The molecule has 0 bridgehead atoms. The van der Waals surface area contributed by atoms with Crippen molar-refractivity contribution in [1.82, 2.24) is 0 Å². The summed E-state index contributed by atoms with van der Waals surface area (Å²) in [7, 11) is 0. The summed E-state index contributed by atoms with van der Waals surface area (Å²) in [6.45, 7) is 4.48. The molecular formula is C12H20NO2S-. The van der Waals surface area contributed by atoms with Gasteiger partial charge in [-0.3, -0.25) is 9.35 Å². The van der Waals surface area contributed by atoms with Crippen LogP contribution in [0.3, 0.4) is 0 Å². The van der Waals surface area contributed by atoms with Crippen LogP contribution in [-0.4, -0.2) is 8.76 Å². The van der Waals surface area contributed by atoms with Crippen LogP contribution in [0.5, 0.6) is 0 Å². The lowest BCUT2D eigenvalue weighted by atomic mass is 10.00. The second kappa shape index (κ2) is 9.51. The maximum atomic E-state index is 8.78. The van der Waals surface area contributed by atoms with Crippen molar-refractivity contribution in [2.75, 3.05) is 0 Å². The predicted octanol–water partition coefficient (Wildman–Crippen LogP) is 2.33. The molecular weight excluding hydrogens is 222 g/mol. The summed E-state index contributed by atoms with van der Waals surface area (Å²) < 4.78 is 17.6. The largest absolute Gasteiger partial charge is 0.760 e. The van der Waals surface area contributed by atoms with Gasteiger partial charge < -0.3 is 4.55 Å². The number of hydrogen-bond acceptors (Lipinski definition) is 2. The Bertz CT molecular complexity index is 287. The fourth-order valence-corrected chi connectivity index (χ4v) is 1.58. The average Bonchev–Trinajstić information content (AvgIpc) is 2.21. The Kier molecular flexibility index (Phi) is 9.09. The van der Waals surface area contributed by atoms with Crippen molar-refractivity contribution in [3.05, 3.63) is 35.4 Å². The molecule has 0 fully saturated rings. The molecule has 0 aliphatic rings. The molecule has 3 nitrogen and oxygen atoms in total. The van der Waals surface area contributed by atoms with Crippen LogP contribution >= 0.6 is 0 Å². The first-order valence-electron chi connectivity index (χ1n) is 5.52. The highest BCUT2D eigenvalue weighted by atomic mass is 32.2. The number of hydrogen-bond donors (Lipinski definition) is 1. The molecule has 2 N–H and O–H groups in total. The van der Waals surface area contributed by atoms with Gasteiger partial charge >= 0.3 is 0 Å². The van der Waals surface area contributed by atoms with Crippen LogP contribution in [0.1, 0.15) is 37.8 Å². The molecule has 0 saturated carbocycles. The van der Waals surface area contributed by atoms with Gasteiger partial charge in [-0.25, -0.2) is 0 Å². The zero-order chi connectivity index (χ0) is 12.4. The molecule has 4 heteroatoms. The molecule has 0 aliphatic carbocycles. The Morgan fingerprint density at radius 3 is 1.69 bits per heavy atom. The first-order valence-corrected chi connectivity index (χ1v) is 6.66. The molecule has 1 atom stereocenters. The minimum absolute atomic E-state index is 1.23. The SMILES string of the molecule is CCCc1ccccc1CCC.NS(=O)[O-]. The molecule has 0 amide bonds. The minimum atomic E-state index is -2.36. The summed E-state index contributed by atoms with van der Waals surface area (Å²) in [6.07, 6.45) is 4.97. The normalized spacial score (nSPS) is 11.5. The van der Waals surface area contributed by atoms with Crippen LogP contribution in [0.15, 0.2) is 24.3 Å². The first kappa shape index (κ1) is 15.3. The predicted molar refractivity (Wildman–Crippen MR) is 67.5 cm³/mol. The third kappa shape index (κ3) is 7.56. The summed E-state index contributed by atoms with van der Waals surface area (Å²) in [5, 5.41) is 4.03. The molecule has 0 radical (unpaired) electrons. The van der Waals surface area contributed by atoms with Crippen molar-refractivity contribution in [3.8, 4) is 0 Å². The fraction of sp³-hybridized carbons (Fsp3) is 0.500. The highest BCUT2D eigenvalue weighted by Gasteiger charge is 1.98. The van der Waals surface area contributed by atoms with E-state index < -0.39 is 11.3 Å². The molecule has 16 heavy (non-hydrogen) atoms. The topological polar surface area (TPSA) is 66.2 Å².